The number of rotatable bonds is 4. The second-order valence-corrected chi connectivity index (χ2v) is 4.44. The van der Waals surface area contributed by atoms with Gasteiger partial charge in [-0.15, -0.1) is 0 Å². The van der Waals surface area contributed by atoms with Crippen molar-refractivity contribution in [2.24, 2.45) is 11.8 Å². The fourth-order valence-electron chi connectivity index (χ4n) is 2.10. The third-order valence-corrected chi connectivity index (χ3v) is 3.23. The number of esters is 2. The molecule has 1 aliphatic carbocycles. The predicted octanol–water partition coefficient (Wildman–Crippen LogP) is 2.25. The molecule has 0 atom stereocenters. The van der Waals surface area contributed by atoms with Gasteiger partial charge in [-0.25, -0.2) is 9.59 Å². The Balaban J connectivity index is 2.32. The van der Waals surface area contributed by atoms with E-state index in [9.17, 15) is 9.59 Å². The number of methoxy groups -OCH3 is 2. The van der Waals surface area contributed by atoms with Gasteiger partial charge >= 0.3 is 11.9 Å². The van der Waals surface area contributed by atoms with Gasteiger partial charge in [0, 0.05) is 12.2 Å². The van der Waals surface area contributed by atoms with Crippen molar-refractivity contribution in [3.63, 3.8) is 0 Å². The molecule has 18 heavy (non-hydrogen) atoms. The Bertz CT molecular complexity index is 302. The molecule has 0 aromatic carbocycles. The van der Waals surface area contributed by atoms with Crippen LogP contribution in [0.25, 0.3) is 0 Å². The lowest BCUT2D eigenvalue weighted by Gasteiger charge is -2.24. The van der Waals surface area contributed by atoms with E-state index >= 15 is 0 Å². The average molecular weight is 252 g/mol. The van der Waals surface area contributed by atoms with Gasteiger partial charge in [-0.2, -0.15) is 0 Å². The topological polar surface area (TPSA) is 52.6 Å². The summed E-state index contributed by atoms with van der Waals surface area (Å²) in [5, 5.41) is 0. The van der Waals surface area contributed by atoms with E-state index in [2.05, 4.69) is 9.47 Å². The third-order valence-electron chi connectivity index (χ3n) is 3.23. The highest BCUT2D eigenvalue weighted by Crippen LogP contribution is 2.30. The van der Waals surface area contributed by atoms with Crippen molar-refractivity contribution in [2.45, 2.75) is 25.7 Å². The molecule has 0 bridgehead atoms. The molecule has 1 saturated carbocycles. The summed E-state index contributed by atoms with van der Waals surface area (Å²) in [5.74, 6) is 0.268. The van der Waals surface area contributed by atoms with Crippen LogP contribution in [-0.2, 0) is 19.1 Å². The van der Waals surface area contributed by atoms with Gasteiger partial charge in [0.05, 0.1) is 14.2 Å². The maximum atomic E-state index is 11.0. The molecule has 0 radical (unpaired) electrons. The predicted molar refractivity (Wildman–Crippen MR) is 67.8 cm³/mol. The van der Waals surface area contributed by atoms with Crippen LogP contribution in [0.5, 0.6) is 0 Å². The number of ether oxygens (including phenoxy) is 2. The SMILES string of the molecule is COC(=O)C=CC1CCC(C=CC(=O)OC)CC1. The lowest BCUT2D eigenvalue weighted by Crippen LogP contribution is -2.12. The maximum absolute atomic E-state index is 11.0. The number of carbonyl (C=O) groups excluding carboxylic acids is 2. The van der Waals surface area contributed by atoms with Gasteiger partial charge in [0.1, 0.15) is 0 Å². The van der Waals surface area contributed by atoms with E-state index in [1.807, 2.05) is 12.2 Å². The van der Waals surface area contributed by atoms with Crippen LogP contribution in [0.4, 0.5) is 0 Å². The molecular weight excluding hydrogens is 232 g/mol. The first-order valence-electron chi connectivity index (χ1n) is 6.18. The number of hydrogen-bond acceptors (Lipinski definition) is 4. The quantitative estimate of drug-likeness (QED) is 0.569. The number of hydrogen-bond donors (Lipinski definition) is 0. The highest BCUT2D eigenvalue weighted by molar-refractivity contribution is 5.82. The molecule has 0 aliphatic heterocycles. The van der Waals surface area contributed by atoms with Crippen molar-refractivity contribution in [1.82, 2.24) is 0 Å². The zero-order valence-corrected chi connectivity index (χ0v) is 10.9. The summed E-state index contributed by atoms with van der Waals surface area (Å²) < 4.78 is 9.10. The third kappa shape index (κ3) is 5.17. The Kier molecular flexibility index (Phi) is 6.19. The van der Waals surface area contributed by atoms with Crippen molar-refractivity contribution < 1.29 is 19.1 Å². The summed E-state index contributed by atoms with van der Waals surface area (Å²) in [4.78, 5) is 21.9. The lowest BCUT2D eigenvalue weighted by molar-refractivity contribution is -0.135. The van der Waals surface area contributed by atoms with Gasteiger partial charge in [0.2, 0.25) is 0 Å². The van der Waals surface area contributed by atoms with E-state index in [1.54, 1.807) is 0 Å². The number of carbonyl (C=O) groups is 2. The van der Waals surface area contributed by atoms with Crippen molar-refractivity contribution >= 4 is 11.9 Å². The van der Waals surface area contributed by atoms with Crippen LogP contribution < -0.4 is 0 Å². The fraction of sp³-hybridized carbons (Fsp3) is 0.571. The first-order chi connectivity index (χ1) is 8.65. The molecule has 0 heterocycles. The molecular formula is C14H20O4. The summed E-state index contributed by atoms with van der Waals surface area (Å²) in [6.07, 6.45) is 11.0. The van der Waals surface area contributed by atoms with E-state index in [-0.39, 0.29) is 11.9 Å². The standard InChI is InChI=1S/C14H20O4/c1-17-13(15)9-7-11-3-5-12(6-4-11)8-10-14(16)18-2/h7-12H,3-6H2,1-2H3. The van der Waals surface area contributed by atoms with E-state index in [1.165, 1.54) is 26.4 Å². The Morgan fingerprint density at radius 1 is 0.833 bits per heavy atom. The van der Waals surface area contributed by atoms with Crippen LogP contribution in [0.15, 0.2) is 24.3 Å². The molecule has 0 amide bonds. The lowest BCUT2D eigenvalue weighted by atomic mass is 9.82. The summed E-state index contributed by atoms with van der Waals surface area (Å²) in [6.45, 7) is 0. The van der Waals surface area contributed by atoms with Crippen LogP contribution in [0.1, 0.15) is 25.7 Å². The molecule has 0 N–H and O–H groups in total. The van der Waals surface area contributed by atoms with Crippen LogP contribution in [0.3, 0.4) is 0 Å². The molecule has 4 nitrogen and oxygen atoms in total. The normalized spacial score (nSPS) is 24.3. The van der Waals surface area contributed by atoms with E-state index < -0.39 is 0 Å². The smallest absolute Gasteiger partial charge is 0.330 e. The second-order valence-electron chi connectivity index (χ2n) is 4.44. The van der Waals surface area contributed by atoms with Crippen molar-refractivity contribution in [3.05, 3.63) is 24.3 Å². The molecule has 0 unspecified atom stereocenters. The van der Waals surface area contributed by atoms with Gasteiger partial charge < -0.3 is 9.47 Å². The molecule has 0 aromatic rings. The highest BCUT2D eigenvalue weighted by Gasteiger charge is 2.17. The average Bonchev–Trinajstić information content (AvgIpc) is 2.43. The molecule has 1 rings (SSSR count). The molecule has 0 aromatic heterocycles. The van der Waals surface area contributed by atoms with Crippen LogP contribution in [0, 0.1) is 11.8 Å². The Hall–Kier alpha value is -1.58. The maximum Gasteiger partial charge on any atom is 0.330 e. The van der Waals surface area contributed by atoms with Crippen LogP contribution in [-0.4, -0.2) is 26.2 Å². The molecule has 100 valence electrons. The van der Waals surface area contributed by atoms with Gasteiger partial charge in [-0.1, -0.05) is 12.2 Å². The van der Waals surface area contributed by atoms with Crippen LogP contribution in [0.2, 0.25) is 0 Å². The Labute approximate surface area is 108 Å². The first kappa shape index (κ1) is 14.5. The Morgan fingerprint density at radius 3 is 1.44 bits per heavy atom. The molecule has 1 aliphatic rings. The molecule has 0 spiro atoms. The minimum Gasteiger partial charge on any atom is -0.466 e. The van der Waals surface area contributed by atoms with Crippen molar-refractivity contribution in [3.8, 4) is 0 Å². The summed E-state index contributed by atoms with van der Waals surface area (Å²) in [6, 6.07) is 0. The first-order valence-corrected chi connectivity index (χ1v) is 6.18. The molecule has 0 saturated heterocycles. The monoisotopic (exact) mass is 252 g/mol. The van der Waals surface area contributed by atoms with Gasteiger partial charge in [-0.05, 0) is 37.5 Å². The zero-order valence-electron chi connectivity index (χ0n) is 10.9. The van der Waals surface area contributed by atoms with Gasteiger partial charge in [0.25, 0.3) is 0 Å². The summed E-state index contributed by atoms with van der Waals surface area (Å²) in [5.41, 5.74) is 0. The second kappa shape index (κ2) is 7.69. The Morgan fingerprint density at radius 2 is 1.17 bits per heavy atom. The fourth-order valence-corrected chi connectivity index (χ4v) is 2.10. The van der Waals surface area contributed by atoms with Crippen molar-refractivity contribution in [1.29, 1.82) is 0 Å². The zero-order chi connectivity index (χ0) is 13.4. The summed E-state index contributed by atoms with van der Waals surface area (Å²) >= 11 is 0. The van der Waals surface area contributed by atoms with E-state index in [0.29, 0.717) is 11.8 Å². The highest BCUT2D eigenvalue weighted by atomic mass is 16.5. The molecule has 1 fully saturated rings. The minimum absolute atomic E-state index is 0.303. The largest absolute Gasteiger partial charge is 0.466 e. The van der Waals surface area contributed by atoms with E-state index in [0.717, 1.165) is 25.7 Å². The van der Waals surface area contributed by atoms with Gasteiger partial charge in [-0.3, -0.25) is 0 Å². The number of allylic oxidation sites excluding steroid dienone is 2. The van der Waals surface area contributed by atoms with Crippen LogP contribution >= 0.6 is 0 Å². The van der Waals surface area contributed by atoms with E-state index in [4.69, 9.17) is 0 Å². The van der Waals surface area contributed by atoms with Crippen molar-refractivity contribution in [2.75, 3.05) is 14.2 Å². The van der Waals surface area contributed by atoms with Gasteiger partial charge in [0.15, 0.2) is 0 Å². The minimum atomic E-state index is -0.303. The summed E-state index contributed by atoms with van der Waals surface area (Å²) in [7, 11) is 2.75. The molecule has 4 heteroatoms.